The van der Waals surface area contributed by atoms with Crippen molar-refractivity contribution in [1.29, 1.82) is 0 Å². The van der Waals surface area contributed by atoms with Gasteiger partial charge in [0.15, 0.2) is 4.77 Å². The molecule has 0 bridgehead atoms. The highest BCUT2D eigenvalue weighted by molar-refractivity contribution is 7.71. The molecule has 0 unspecified atom stereocenters. The fourth-order valence-electron chi connectivity index (χ4n) is 4.25. The number of nitrogens with one attached hydrogen (secondary N) is 2. The number of amides is 1. The summed E-state index contributed by atoms with van der Waals surface area (Å²) >= 11 is 11.5. The molecular formula is C23H24ClN3O2S. The Morgan fingerprint density at radius 2 is 2.00 bits per heavy atom. The second kappa shape index (κ2) is 8.36. The van der Waals surface area contributed by atoms with Gasteiger partial charge in [0.05, 0.1) is 16.6 Å². The summed E-state index contributed by atoms with van der Waals surface area (Å²) in [4.78, 5) is 29.0. The summed E-state index contributed by atoms with van der Waals surface area (Å²) in [6, 6.07) is 12.2. The molecule has 156 valence electrons. The number of aromatic amines is 1. The summed E-state index contributed by atoms with van der Waals surface area (Å²) in [6.07, 6.45) is 3.33. The van der Waals surface area contributed by atoms with E-state index >= 15 is 0 Å². The van der Waals surface area contributed by atoms with Crippen LogP contribution in [0.15, 0.2) is 47.3 Å². The van der Waals surface area contributed by atoms with Gasteiger partial charge < -0.3 is 10.3 Å². The van der Waals surface area contributed by atoms with E-state index in [9.17, 15) is 9.59 Å². The van der Waals surface area contributed by atoms with Crippen LogP contribution in [0.2, 0.25) is 5.02 Å². The number of carbonyl (C=O) groups is 1. The second-order valence-electron chi connectivity index (χ2n) is 8.16. The van der Waals surface area contributed by atoms with Crippen molar-refractivity contribution in [2.75, 3.05) is 0 Å². The number of rotatable bonds is 3. The lowest BCUT2D eigenvalue weighted by Gasteiger charge is -2.34. The third kappa shape index (κ3) is 3.94. The molecule has 5 nitrogen and oxygen atoms in total. The number of nitrogens with zero attached hydrogens (tertiary/aromatic N) is 1. The highest BCUT2D eigenvalue weighted by atomic mass is 35.5. The number of H-pyrrole nitrogens is 1. The van der Waals surface area contributed by atoms with Crippen molar-refractivity contribution in [3.8, 4) is 5.69 Å². The van der Waals surface area contributed by atoms with Crippen molar-refractivity contribution >= 4 is 40.6 Å². The molecule has 4 rings (SSSR count). The molecule has 1 amide bonds. The molecule has 1 aromatic heterocycles. The Kier molecular flexibility index (Phi) is 5.80. The number of hydrogen-bond donors (Lipinski definition) is 2. The molecule has 2 N–H and O–H groups in total. The third-order valence-electron chi connectivity index (χ3n) is 6.25. The summed E-state index contributed by atoms with van der Waals surface area (Å²) in [5.74, 6) is 0.909. The van der Waals surface area contributed by atoms with Crippen LogP contribution >= 0.6 is 23.8 Å². The van der Waals surface area contributed by atoms with E-state index in [-0.39, 0.29) is 22.3 Å². The van der Waals surface area contributed by atoms with Crippen LogP contribution in [-0.4, -0.2) is 21.5 Å². The fraction of sp³-hybridized carbons (Fsp3) is 0.348. The molecule has 1 aliphatic rings. The third-order valence-corrected chi connectivity index (χ3v) is 6.77. The normalized spacial score (nSPS) is 21.5. The minimum absolute atomic E-state index is 0.127. The Labute approximate surface area is 185 Å². The number of benzene rings is 2. The molecule has 3 aromatic rings. The van der Waals surface area contributed by atoms with E-state index < -0.39 is 0 Å². The van der Waals surface area contributed by atoms with Crippen LogP contribution in [0.25, 0.3) is 16.6 Å². The first-order valence-corrected chi connectivity index (χ1v) is 11.0. The highest BCUT2D eigenvalue weighted by Gasteiger charge is 2.28. The van der Waals surface area contributed by atoms with Crippen LogP contribution in [0.5, 0.6) is 0 Å². The predicted molar refractivity (Wildman–Crippen MR) is 123 cm³/mol. The lowest BCUT2D eigenvalue weighted by Crippen LogP contribution is -2.43. The maximum atomic E-state index is 13.1. The Balaban J connectivity index is 1.69. The lowest BCUT2D eigenvalue weighted by molar-refractivity contribution is 0.0891. The van der Waals surface area contributed by atoms with E-state index in [1.807, 2.05) is 0 Å². The molecule has 0 aliphatic heterocycles. The zero-order valence-corrected chi connectivity index (χ0v) is 18.5. The van der Waals surface area contributed by atoms with Crippen molar-refractivity contribution in [2.24, 2.45) is 11.8 Å². The second-order valence-corrected chi connectivity index (χ2v) is 8.98. The zero-order valence-electron chi connectivity index (χ0n) is 16.9. The van der Waals surface area contributed by atoms with Gasteiger partial charge in [0.1, 0.15) is 0 Å². The molecule has 1 heterocycles. The molecule has 1 fully saturated rings. The van der Waals surface area contributed by atoms with Crippen LogP contribution in [0.1, 0.15) is 43.5 Å². The summed E-state index contributed by atoms with van der Waals surface area (Å²) in [7, 11) is 0. The Bertz CT molecular complexity index is 1230. The minimum Gasteiger partial charge on any atom is -0.349 e. The van der Waals surface area contributed by atoms with Crippen molar-refractivity contribution in [3.63, 3.8) is 0 Å². The molecule has 1 saturated carbocycles. The minimum atomic E-state index is -0.252. The van der Waals surface area contributed by atoms with E-state index in [0.29, 0.717) is 39.0 Å². The van der Waals surface area contributed by atoms with Gasteiger partial charge in [-0.15, -0.1) is 0 Å². The zero-order chi connectivity index (χ0) is 21.4. The largest absolute Gasteiger partial charge is 0.349 e. The molecule has 30 heavy (non-hydrogen) atoms. The maximum Gasteiger partial charge on any atom is 0.266 e. The fourth-order valence-corrected chi connectivity index (χ4v) is 4.72. The number of fused-ring (bicyclic) bond motifs is 1. The van der Waals surface area contributed by atoms with Gasteiger partial charge in [-0.1, -0.05) is 44.4 Å². The van der Waals surface area contributed by atoms with Crippen molar-refractivity contribution in [2.45, 2.75) is 39.2 Å². The van der Waals surface area contributed by atoms with Gasteiger partial charge in [-0.2, -0.15) is 0 Å². The van der Waals surface area contributed by atoms with Gasteiger partial charge in [-0.3, -0.25) is 14.2 Å². The van der Waals surface area contributed by atoms with Crippen LogP contribution in [0.4, 0.5) is 0 Å². The monoisotopic (exact) mass is 441 g/mol. The molecule has 0 saturated heterocycles. The van der Waals surface area contributed by atoms with Crippen molar-refractivity contribution < 1.29 is 4.79 Å². The van der Waals surface area contributed by atoms with Crippen LogP contribution in [0, 0.1) is 16.6 Å². The van der Waals surface area contributed by atoms with Gasteiger partial charge in [0.25, 0.3) is 11.5 Å². The quantitative estimate of drug-likeness (QED) is 0.545. The Morgan fingerprint density at radius 3 is 2.80 bits per heavy atom. The van der Waals surface area contributed by atoms with E-state index in [2.05, 4.69) is 24.1 Å². The Hall–Kier alpha value is -2.44. The molecular weight excluding hydrogens is 418 g/mol. The molecule has 3 atom stereocenters. The summed E-state index contributed by atoms with van der Waals surface area (Å²) in [5, 5.41) is 4.19. The first kappa shape index (κ1) is 20.8. The van der Waals surface area contributed by atoms with Crippen molar-refractivity contribution in [1.82, 2.24) is 14.9 Å². The predicted octanol–water partition coefficient (Wildman–Crippen LogP) is 5.26. The van der Waals surface area contributed by atoms with E-state index in [1.165, 1.54) is 11.0 Å². The highest BCUT2D eigenvalue weighted by Crippen LogP contribution is 2.29. The number of aromatic nitrogens is 2. The van der Waals surface area contributed by atoms with Gasteiger partial charge in [0.2, 0.25) is 0 Å². The first-order chi connectivity index (χ1) is 14.3. The summed E-state index contributed by atoms with van der Waals surface area (Å²) in [6.45, 7) is 4.44. The maximum absolute atomic E-state index is 13.1. The Morgan fingerprint density at radius 1 is 1.20 bits per heavy atom. The number of halogens is 1. The molecule has 7 heteroatoms. The number of carbonyl (C=O) groups excluding carboxylic acids is 1. The van der Waals surface area contributed by atoms with Gasteiger partial charge in [0, 0.05) is 16.6 Å². The first-order valence-electron chi connectivity index (χ1n) is 10.2. The van der Waals surface area contributed by atoms with Gasteiger partial charge in [-0.05, 0) is 66.9 Å². The smallest absolute Gasteiger partial charge is 0.266 e. The van der Waals surface area contributed by atoms with E-state index in [0.717, 1.165) is 12.8 Å². The number of hydrogen-bond acceptors (Lipinski definition) is 3. The van der Waals surface area contributed by atoms with Gasteiger partial charge in [-0.25, -0.2) is 0 Å². The van der Waals surface area contributed by atoms with Crippen LogP contribution < -0.4 is 10.9 Å². The van der Waals surface area contributed by atoms with E-state index in [4.69, 9.17) is 23.8 Å². The average Bonchev–Trinajstić information content (AvgIpc) is 2.71. The SMILES string of the molecule is C[C@@H]1[C@H](C)CCC[C@@H]1NC(=O)c1cccc(-n2c(=S)[nH]c3cc(Cl)ccc3c2=O)c1. The summed E-state index contributed by atoms with van der Waals surface area (Å²) in [5.41, 5.74) is 1.40. The molecule has 0 spiro atoms. The molecule has 2 aromatic carbocycles. The van der Waals surface area contributed by atoms with E-state index in [1.54, 1.807) is 42.5 Å². The van der Waals surface area contributed by atoms with Crippen LogP contribution in [0.3, 0.4) is 0 Å². The lowest BCUT2D eigenvalue weighted by atomic mass is 9.78. The van der Waals surface area contributed by atoms with Crippen molar-refractivity contribution in [3.05, 3.63) is 68.2 Å². The topological polar surface area (TPSA) is 66.9 Å². The summed E-state index contributed by atoms with van der Waals surface area (Å²) < 4.78 is 1.66. The average molecular weight is 442 g/mol. The molecule has 1 aliphatic carbocycles. The van der Waals surface area contributed by atoms with Gasteiger partial charge >= 0.3 is 0 Å². The molecule has 0 radical (unpaired) electrons. The van der Waals surface area contributed by atoms with Crippen LogP contribution in [-0.2, 0) is 0 Å². The standard InChI is InChI=1S/C23H24ClN3O2S/c1-13-5-3-8-19(14(13)2)25-21(28)15-6-4-7-17(11-15)27-22(29)18-10-9-16(24)12-20(18)26-23(27)30/h4,6-7,9-14,19H,3,5,8H2,1-2H3,(H,25,28)(H,26,30)/t13-,14-,19+/m1/s1.